The Morgan fingerprint density at radius 1 is 1.19 bits per heavy atom. The molecule has 1 atom stereocenters. The molecule has 1 saturated carbocycles. The van der Waals surface area contributed by atoms with Crippen LogP contribution in [0.2, 0.25) is 0 Å². The number of nitrogens with one attached hydrogen (secondary N) is 1. The fourth-order valence-corrected chi connectivity index (χ4v) is 3.93. The fraction of sp³-hybridized carbons (Fsp3) is 0.650. The minimum Gasteiger partial charge on any atom is -0.370 e. The lowest BCUT2D eigenvalue weighted by Gasteiger charge is -2.36. The van der Waals surface area contributed by atoms with Gasteiger partial charge in [0, 0.05) is 32.2 Å². The van der Waals surface area contributed by atoms with Crippen LogP contribution in [0.4, 0.5) is 9.18 Å². The molecule has 0 aromatic heterocycles. The van der Waals surface area contributed by atoms with E-state index in [9.17, 15) is 9.18 Å². The molecule has 2 aliphatic heterocycles. The number of halogens is 1. The van der Waals surface area contributed by atoms with Crippen molar-refractivity contribution in [3.05, 3.63) is 35.6 Å². The molecule has 1 aromatic carbocycles. The highest BCUT2D eigenvalue weighted by Crippen LogP contribution is 2.30. The van der Waals surface area contributed by atoms with E-state index in [2.05, 4.69) is 10.2 Å². The number of hydrogen-bond acceptors (Lipinski definition) is 3. The first-order valence-corrected chi connectivity index (χ1v) is 9.82. The van der Waals surface area contributed by atoms with Crippen LogP contribution in [-0.4, -0.2) is 61.2 Å². The third kappa shape index (κ3) is 4.54. The van der Waals surface area contributed by atoms with Crippen molar-refractivity contribution in [2.45, 2.75) is 37.8 Å². The van der Waals surface area contributed by atoms with E-state index in [0.29, 0.717) is 19.7 Å². The smallest absolute Gasteiger partial charge is 0.317 e. The summed E-state index contributed by atoms with van der Waals surface area (Å²) in [5.41, 5.74) is 0.788. The standard InChI is InChI=1S/C20H28FN3O2/c21-17-3-1-2-16(12-17)19-14-24(10-11-26-19)20(25)22-18-6-8-23(9-7-18)13-15-4-5-15/h1-3,12,15,18-19H,4-11,13-14H2,(H,22,25). The van der Waals surface area contributed by atoms with Crippen LogP contribution < -0.4 is 5.32 Å². The lowest BCUT2D eigenvalue weighted by molar-refractivity contribution is -0.0161. The van der Waals surface area contributed by atoms with Gasteiger partial charge in [-0.15, -0.1) is 0 Å². The van der Waals surface area contributed by atoms with Gasteiger partial charge in [-0.3, -0.25) is 0 Å². The topological polar surface area (TPSA) is 44.8 Å². The number of ether oxygens (including phenoxy) is 1. The number of morpholine rings is 1. The first-order chi connectivity index (χ1) is 12.7. The molecule has 1 N–H and O–H groups in total. The van der Waals surface area contributed by atoms with Gasteiger partial charge < -0.3 is 19.9 Å². The number of carbonyl (C=O) groups excluding carboxylic acids is 1. The summed E-state index contributed by atoms with van der Waals surface area (Å²) in [6, 6.07) is 6.69. The predicted octanol–water partition coefficient (Wildman–Crippen LogP) is 2.78. The van der Waals surface area contributed by atoms with Gasteiger partial charge in [0.25, 0.3) is 0 Å². The predicted molar refractivity (Wildman–Crippen MR) is 97.4 cm³/mol. The van der Waals surface area contributed by atoms with E-state index in [1.54, 1.807) is 11.0 Å². The van der Waals surface area contributed by atoms with E-state index in [-0.39, 0.29) is 24.0 Å². The molecule has 2 heterocycles. The zero-order chi connectivity index (χ0) is 17.9. The van der Waals surface area contributed by atoms with Crippen LogP contribution >= 0.6 is 0 Å². The molecule has 5 nitrogen and oxygen atoms in total. The van der Waals surface area contributed by atoms with Crippen molar-refractivity contribution in [2.75, 3.05) is 39.3 Å². The minimum atomic E-state index is -0.273. The second kappa shape index (κ2) is 7.92. The molecule has 2 saturated heterocycles. The molecule has 1 unspecified atom stereocenters. The monoisotopic (exact) mass is 361 g/mol. The van der Waals surface area contributed by atoms with Crippen LogP contribution in [0.25, 0.3) is 0 Å². The lowest BCUT2D eigenvalue weighted by Crippen LogP contribution is -2.52. The number of carbonyl (C=O) groups is 1. The zero-order valence-electron chi connectivity index (χ0n) is 15.2. The maximum absolute atomic E-state index is 13.4. The molecule has 6 heteroatoms. The van der Waals surface area contributed by atoms with E-state index in [1.807, 2.05) is 6.07 Å². The summed E-state index contributed by atoms with van der Waals surface area (Å²) in [4.78, 5) is 17.0. The summed E-state index contributed by atoms with van der Waals surface area (Å²) in [6.07, 6.45) is 4.57. The Hall–Kier alpha value is -1.66. The number of piperidine rings is 1. The highest BCUT2D eigenvalue weighted by molar-refractivity contribution is 5.74. The van der Waals surface area contributed by atoms with Crippen molar-refractivity contribution in [3.8, 4) is 0 Å². The maximum Gasteiger partial charge on any atom is 0.317 e. The Balaban J connectivity index is 1.26. The van der Waals surface area contributed by atoms with Crippen molar-refractivity contribution in [1.29, 1.82) is 0 Å². The van der Waals surface area contributed by atoms with Crippen LogP contribution in [0.15, 0.2) is 24.3 Å². The molecule has 0 radical (unpaired) electrons. The van der Waals surface area contributed by atoms with Gasteiger partial charge >= 0.3 is 6.03 Å². The molecule has 142 valence electrons. The second-order valence-corrected chi connectivity index (χ2v) is 7.83. The summed E-state index contributed by atoms with van der Waals surface area (Å²) >= 11 is 0. The Labute approximate surface area is 154 Å². The van der Waals surface area contributed by atoms with Crippen LogP contribution in [0.5, 0.6) is 0 Å². The number of urea groups is 1. The Morgan fingerprint density at radius 2 is 2.00 bits per heavy atom. The average Bonchev–Trinajstić information content (AvgIpc) is 3.47. The summed E-state index contributed by atoms with van der Waals surface area (Å²) in [7, 11) is 0. The molecule has 26 heavy (non-hydrogen) atoms. The Morgan fingerprint density at radius 3 is 2.73 bits per heavy atom. The van der Waals surface area contributed by atoms with Gasteiger partial charge in [0.1, 0.15) is 11.9 Å². The first kappa shape index (κ1) is 17.7. The first-order valence-electron chi connectivity index (χ1n) is 9.82. The molecule has 0 spiro atoms. The number of likely N-dealkylation sites (tertiary alicyclic amines) is 1. The van der Waals surface area contributed by atoms with Crippen molar-refractivity contribution >= 4 is 6.03 Å². The third-order valence-electron chi connectivity index (χ3n) is 5.70. The van der Waals surface area contributed by atoms with Crippen molar-refractivity contribution in [2.24, 2.45) is 5.92 Å². The van der Waals surface area contributed by atoms with Crippen LogP contribution in [0.1, 0.15) is 37.4 Å². The maximum atomic E-state index is 13.4. The molecule has 1 aliphatic carbocycles. The molecular formula is C20H28FN3O2. The number of nitrogens with zero attached hydrogens (tertiary/aromatic N) is 2. The van der Waals surface area contributed by atoms with E-state index >= 15 is 0 Å². The zero-order valence-corrected chi connectivity index (χ0v) is 15.2. The number of benzene rings is 1. The van der Waals surface area contributed by atoms with Gasteiger partial charge in [0.05, 0.1) is 13.2 Å². The summed E-state index contributed by atoms with van der Waals surface area (Å²) in [5.74, 6) is 0.653. The molecule has 3 fully saturated rings. The number of hydrogen-bond donors (Lipinski definition) is 1. The molecular weight excluding hydrogens is 333 g/mol. The third-order valence-corrected chi connectivity index (χ3v) is 5.70. The highest BCUT2D eigenvalue weighted by atomic mass is 19.1. The van der Waals surface area contributed by atoms with Gasteiger partial charge in [-0.05, 0) is 49.3 Å². The lowest BCUT2D eigenvalue weighted by atomic mass is 10.0. The molecule has 3 aliphatic rings. The molecule has 2 amide bonds. The highest BCUT2D eigenvalue weighted by Gasteiger charge is 2.30. The van der Waals surface area contributed by atoms with E-state index in [1.165, 1.54) is 31.5 Å². The Kier molecular flexibility index (Phi) is 5.41. The van der Waals surface area contributed by atoms with Gasteiger partial charge in [0.2, 0.25) is 0 Å². The van der Waals surface area contributed by atoms with E-state index < -0.39 is 0 Å². The van der Waals surface area contributed by atoms with Gasteiger partial charge in [-0.2, -0.15) is 0 Å². The van der Waals surface area contributed by atoms with Gasteiger partial charge in [-0.25, -0.2) is 9.18 Å². The van der Waals surface area contributed by atoms with Crippen molar-refractivity contribution < 1.29 is 13.9 Å². The number of rotatable bonds is 4. The molecule has 4 rings (SSSR count). The van der Waals surface area contributed by atoms with Crippen LogP contribution in [0.3, 0.4) is 0 Å². The van der Waals surface area contributed by atoms with E-state index in [4.69, 9.17) is 4.74 Å². The fourth-order valence-electron chi connectivity index (χ4n) is 3.93. The van der Waals surface area contributed by atoms with Crippen LogP contribution in [-0.2, 0) is 4.74 Å². The number of amides is 2. The Bertz CT molecular complexity index is 629. The summed E-state index contributed by atoms with van der Waals surface area (Å²) in [5, 5.41) is 3.19. The normalized spacial score (nSPS) is 25.3. The van der Waals surface area contributed by atoms with Crippen LogP contribution in [0, 0.1) is 11.7 Å². The van der Waals surface area contributed by atoms with E-state index in [0.717, 1.165) is 37.4 Å². The summed E-state index contributed by atoms with van der Waals surface area (Å²) in [6.45, 7) is 4.93. The molecule has 1 aromatic rings. The summed E-state index contributed by atoms with van der Waals surface area (Å²) < 4.78 is 19.2. The van der Waals surface area contributed by atoms with Gasteiger partial charge in [-0.1, -0.05) is 12.1 Å². The largest absolute Gasteiger partial charge is 0.370 e. The SMILES string of the molecule is O=C(NC1CCN(CC2CC2)CC1)N1CCOC(c2cccc(F)c2)C1. The quantitative estimate of drug-likeness (QED) is 0.897. The molecule has 0 bridgehead atoms. The second-order valence-electron chi connectivity index (χ2n) is 7.83. The average molecular weight is 361 g/mol. The van der Waals surface area contributed by atoms with Crippen molar-refractivity contribution in [3.63, 3.8) is 0 Å². The van der Waals surface area contributed by atoms with Crippen molar-refractivity contribution in [1.82, 2.24) is 15.1 Å². The van der Waals surface area contributed by atoms with Gasteiger partial charge in [0.15, 0.2) is 0 Å². The minimum absolute atomic E-state index is 0.0182.